The van der Waals surface area contributed by atoms with Crippen molar-refractivity contribution in [1.29, 1.82) is 0 Å². The largest absolute Gasteiger partial charge is 0.461 e. The number of halogens is 3. The van der Waals surface area contributed by atoms with Gasteiger partial charge in [0, 0.05) is 55.7 Å². The third-order valence-electron chi connectivity index (χ3n) is 11.0. The number of nitrogen functional groups attached to an aromatic ring is 1. The average Bonchev–Trinajstić information content (AvgIpc) is 3.60. The van der Waals surface area contributed by atoms with E-state index in [-0.39, 0.29) is 36.0 Å². The second-order valence-electron chi connectivity index (χ2n) is 14.2. The number of hydrogen-bond donors (Lipinski definition) is 2. The molecule has 48 heavy (non-hydrogen) atoms. The monoisotopic (exact) mass is 658 g/mol. The van der Waals surface area contributed by atoms with Crippen LogP contribution in [0, 0.1) is 17.6 Å². The Kier molecular flexibility index (Phi) is 8.05. The maximum atomic E-state index is 17.1. The number of piperidine rings is 1. The summed E-state index contributed by atoms with van der Waals surface area (Å²) in [5, 5.41) is 4.87. The van der Waals surface area contributed by atoms with E-state index in [0.717, 1.165) is 45.2 Å². The molecule has 1 amide bonds. The van der Waals surface area contributed by atoms with Crippen LogP contribution in [0.4, 0.5) is 24.7 Å². The predicted octanol–water partition coefficient (Wildman–Crippen LogP) is 6.32. The van der Waals surface area contributed by atoms with Gasteiger partial charge in [0.1, 0.15) is 29.9 Å². The lowest BCUT2D eigenvalue weighted by Gasteiger charge is -2.34. The molecule has 252 valence electrons. The zero-order valence-electron chi connectivity index (χ0n) is 27.0. The number of rotatable bonds is 3. The van der Waals surface area contributed by atoms with Gasteiger partial charge in [0.25, 0.3) is 0 Å². The van der Waals surface area contributed by atoms with Crippen LogP contribution in [-0.2, 0) is 11.2 Å². The molecule has 0 saturated carbocycles. The number of amides is 1. The van der Waals surface area contributed by atoms with Gasteiger partial charge in [0.05, 0.1) is 5.54 Å². The summed E-state index contributed by atoms with van der Waals surface area (Å²) in [5.41, 5.74) is 7.59. The van der Waals surface area contributed by atoms with Gasteiger partial charge in [-0.05, 0) is 104 Å². The normalized spacial score (nSPS) is 25.0. The van der Waals surface area contributed by atoms with E-state index in [1.165, 1.54) is 6.07 Å². The highest BCUT2D eigenvalue weighted by atomic mass is 19.1. The minimum Gasteiger partial charge on any atom is -0.461 e. The first-order valence-electron chi connectivity index (χ1n) is 17.3. The van der Waals surface area contributed by atoms with Gasteiger partial charge in [0.15, 0.2) is 5.82 Å². The van der Waals surface area contributed by atoms with Crippen LogP contribution in [0.5, 0.6) is 6.01 Å². The highest BCUT2D eigenvalue weighted by molar-refractivity contribution is 6.03. The summed E-state index contributed by atoms with van der Waals surface area (Å²) in [6.07, 6.45) is 5.08. The second kappa shape index (κ2) is 12.4. The first-order valence-corrected chi connectivity index (χ1v) is 17.3. The Morgan fingerprint density at radius 3 is 2.79 bits per heavy atom. The molecule has 0 aliphatic carbocycles. The molecule has 1 unspecified atom stereocenters. The summed E-state index contributed by atoms with van der Waals surface area (Å²) in [5.74, 6) is -0.134. The van der Waals surface area contributed by atoms with Crippen molar-refractivity contribution in [2.75, 3.05) is 50.0 Å². The molecule has 4 aromatic rings. The van der Waals surface area contributed by atoms with Crippen LogP contribution in [0.25, 0.3) is 32.8 Å². The molecule has 6 heterocycles. The number of benzene rings is 3. The Bertz CT molecular complexity index is 1910. The van der Waals surface area contributed by atoms with Gasteiger partial charge in [-0.2, -0.15) is 9.97 Å². The van der Waals surface area contributed by atoms with E-state index in [9.17, 15) is 9.18 Å². The second-order valence-corrected chi connectivity index (χ2v) is 14.2. The van der Waals surface area contributed by atoms with Gasteiger partial charge in [-0.1, -0.05) is 12.1 Å². The van der Waals surface area contributed by atoms with Crippen molar-refractivity contribution in [2.45, 2.75) is 69.5 Å². The molecule has 3 saturated heterocycles. The topological polar surface area (TPSA) is 96.6 Å². The van der Waals surface area contributed by atoms with Crippen molar-refractivity contribution in [2.24, 2.45) is 5.92 Å². The summed E-state index contributed by atoms with van der Waals surface area (Å²) >= 11 is 0. The molecule has 11 heteroatoms. The minimum absolute atomic E-state index is 0.0595. The number of carbonyl (C=O) groups is 1. The number of aromatic nitrogens is 2. The lowest BCUT2D eigenvalue weighted by molar-refractivity contribution is -0.121. The van der Waals surface area contributed by atoms with Gasteiger partial charge in [-0.15, -0.1) is 0 Å². The summed E-state index contributed by atoms with van der Waals surface area (Å²) in [7, 11) is 0. The van der Waals surface area contributed by atoms with Crippen molar-refractivity contribution in [3.8, 4) is 17.1 Å². The Balaban J connectivity index is 1.29. The smallest absolute Gasteiger partial charge is 0.319 e. The van der Waals surface area contributed by atoms with Crippen LogP contribution in [0.15, 0.2) is 36.4 Å². The molecule has 9 rings (SSSR count). The Morgan fingerprint density at radius 2 is 1.90 bits per heavy atom. The van der Waals surface area contributed by atoms with Crippen molar-refractivity contribution in [3.63, 3.8) is 0 Å². The average molecular weight is 659 g/mol. The predicted molar refractivity (Wildman–Crippen MR) is 181 cm³/mol. The molecule has 3 fully saturated rings. The zero-order valence-corrected chi connectivity index (χ0v) is 27.0. The number of hydrogen-bond acceptors (Lipinski definition) is 7. The fraction of sp³-hybridized carbons (Fsp3) is 0.486. The van der Waals surface area contributed by atoms with Crippen LogP contribution in [0.1, 0.15) is 56.9 Å². The van der Waals surface area contributed by atoms with Gasteiger partial charge in [-0.3, -0.25) is 9.69 Å². The van der Waals surface area contributed by atoms with Gasteiger partial charge in [0.2, 0.25) is 5.91 Å². The lowest BCUT2D eigenvalue weighted by atomic mass is 9.90. The molecule has 6 bridgehead atoms. The molecule has 3 atom stereocenters. The van der Waals surface area contributed by atoms with Gasteiger partial charge < -0.3 is 20.7 Å². The molecular weight excluding hydrogens is 617 g/mol. The van der Waals surface area contributed by atoms with Gasteiger partial charge in [-0.25, -0.2) is 13.2 Å². The Labute approximate surface area is 277 Å². The number of nitrogens with two attached hydrogens (primary N) is 1. The van der Waals surface area contributed by atoms with E-state index in [2.05, 4.69) is 20.1 Å². The number of fused-ring (bicyclic) bond motifs is 8. The first kappa shape index (κ1) is 31.2. The standard InChI is InChI=1S/C37H41F3N6O2/c38-24-18-37(12-3-15-46(37)20-24)21-48-36-43-34-28-9-8-26(33(34)40)29-17-25(41)16-23-7-10-30(39)27(32(23)29)5-1-6-31(47)42-13-11-22-4-2-14-45(19-22)35(28)44-36/h7-10,16-17,22,24H,1-6,11-15,18-21,41H2,(H,42,47)/t22?,24-,37+/m1/s1. The number of alkyl halides is 1. The zero-order chi connectivity index (χ0) is 33.0. The SMILES string of the molecule is Nc1cc2c3c(c(F)ccc3c1)CCCC(=O)NCCC1CCCN(C1)c1nc(OC[C@@]34CCCN3C[C@H](F)C4)nc3c(F)c-2ccc13. The molecular formula is C37H41F3N6O2. The fourth-order valence-corrected chi connectivity index (χ4v) is 8.71. The maximum absolute atomic E-state index is 17.1. The van der Waals surface area contributed by atoms with Crippen LogP contribution < -0.4 is 20.7 Å². The molecule has 8 nitrogen and oxygen atoms in total. The number of anilines is 2. The quantitative estimate of drug-likeness (QED) is 0.249. The van der Waals surface area contributed by atoms with Crippen LogP contribution >= 0.6 is 0 Å². The number of carbonyl (C=O) groups excluding carboxylic acids is 1. The molecule has 0 radical (unpaired) electrons. The number of aryl methyl sites for hydroxylation is 1. The third kappa shape index (κ3) is 5.59. The maximum Gasteiger partial charge on any atom is 0.319 e. The Hall–Kier alpha value is -4.12. The summed E-state index contributed by atoms with van der Waals surface area (Å²) in [6.45, 7) is 3.45. The molecule has 5 aliphatic rings. The van der Waals surface area contributed by atoms with E-state index >= 15 is 8.78 Å². The van der Waals surface area contributed by atoms with Gasteiger partial charge >= 0.3 is 6.01 Å². The molecule has 3 N–H and O–H groups in total. The van der Waals surface area contributed by atoms with E-state index in [4.69, 9.17) is 15.5 Å². The lowest BCUT2D eigenvalue weighted by Crippen LogP contribution is -2.43. The Morgan fingerprint density at radius 1 is 1.00 bits per heavy atom. The van der Waals surface area contributed by atoms with E-state index in [1.807, 2.05) is 6.07 Å². The van der Waals surface area contributed by atoms with Crippen LogP contribution in [0.3, 0.4) is 0 Å². The highest BCUT2D eigenvalue weighted by Gasteiger charge is 2.49. The van der Waals surface area contributed by atoms with Crippen LogP contribution in [0.2, 0.25) is 0 Å². The van der Waals surface area contributed by atoms with Crippen molar-refractivity contribution in [1.82, 2.24) is 20.2 Å². The van der Waals surface area contributed by atoms with Crippen molar-refractivity contribution in [3.05, 3.63) is 53.6 Å². The van der Waals surface area contributed by atoms with Crippen molar-refractivity contribution < 1.29 is 22.7 Å². The van der Waals surface area contributed by atoms with E-state index in [0.29, 0.717) is 83.6 Å². The summed E-state index contributed by atoms with van der Waals surface area (Å²) in [6, 6.07) is 10.1. The first-order chi connectivity index (χ1) is 23.3. The highest BCUT2D eigenvalue weighted by Crippen LogP contribution is 2.42. The number of nitrogens with zero attached hydrogens (tertiary/aromatic N) is 4. The summed E-state index contributed by atoms with van der Waals surface area (Å²) in [4.78, 5) is 26.7. The number of nitrogens with one attached hydrogen (secondary N) is 1. The fourth-order valence-electron chi connectivity index (χ4n) is 8.71. The third-order valence-corrected chi connectivity index (χ3v) is 11.0. The molecule has 1 aromatic heterocycles. The summed E-state index contributed by atoms with van der Waals surface area (Å²) < 4.78 is 53.5. The van der Waals surface area contributed by atoms with E-state index < -0.39 is 23.3 Å². The molecule has 5 aliphatic heterocycles. The van der Waals surface area contributed by atoms with Crippen molar-refractivity contribution >= 4 is 39.1 Å². The van der Waals surface area contributed by atoms with E-state index in [1.54, 1.807) is 24.3 Å². The number of ether oxygens (including phenoxy) is 1. The van der Waals surface area contributed by atoms with Crippen LogP contribution in [-0.4, -0.2) is 71.8 Å². The minimum atomic E-state index is -0.903. The molecule has 3 aromatic carbocycles. The molecule has 0 spiro atoms.